The summed E-state index contributed by atoms with van der Waals surface area (Å²) >= 11 is 0. The van der Waals surface area contributed by atoms with E-state index in [0.717, 1.165) is 49.0 Å². The van der Waals surface area contributed by atoms with Gasteiger partial charge >= 0.3 is 0 Å². The van der Waals surface area contributed by atoms with Gasteiger partial charge < -0.3 is 9.32 Å². The lowest BCUT2D eigenvalue weighted by Crippen LogP contribution is -2.48. The molecule has 1 unspecified atom stereocenters. The highest BCUT2D eigenvalue weighted by atomic mass is 19.1. The van der Waals surface area contributed by atoms with Crippen LogP contribution in [0.4, 0.5) is 10.1 Å². The zero-order valence-corrected chi connectivity index (χ0v) is 17.9. The molecule has 1 atom stereocenters. The number of furan rings is 1. The number of anilines is 1. The van der Waals surface area contributed by atoms with Crippen LogP contribution in [0.5, 0.6) is 0 Å². The summed E-state index contributed by atoms with van der Waals surface area (Å²) in [4.78, 5) is 4.70. The van der Waals surface area contributed by atoms with Gasteiger partial charge in [0.25, 0.3) is 0 Å². The molecule has 2 aromatic heterocycles. The third-order valence-electron chi connectivity index (χ3n) is 5.95. The number of benzene rings is 2. The first-order chi connectivity index (χ1) is 15.7. The van der Waals surface area contributed by atoms with E-state index in [9.17, 15) is 4.39 Å². The summed E-state index contributed by atoms with van der Waals surface area (Å²) in [5, 5.41) is 12.6. The Bertz CT molecular complexity index is 1130. The SMILES string of the molecule is Cc1ccc(C(c2nnnn2Cc2ccco2)N2CCN(c3ccc(F)cc3)CC2)cc1. The van der Waals surface area contributed by atoms with E-state index >= 15 is 0 Å². The van der Waals surface area contributed by atoms with E-state index < -0.39 is 0 Å². The van der Waals surface area contributed by atoms with Crippen LogP contribution in [-0.4, -0.2) is 51.3 Å². The molecule has 1 aliphatic heterocycles. The second-order valence-corrected chi connectivity index (χ2v) is 8.09. The molecule has 4 aromatic rings. The summed E-state index contributed by atoms with van der Waals surface area (Å²) in [5.74, 6) is 1.39. The van der Waals surface area contributed by atoms with E-state index in [1.165, 1.54) is 17.7 Å². The van der Waals surface area contributed by atoms with Crippen LogP contribution in [0, 0.1) is 12.7 Å². The Morgan fingerprint density at radius 1 is 0.969 bits per heavy atom. The summed E-state index contributed by atoms with van der Waals surface area (Å²) in [6.07, 6.45) is 1.66. The van der Waals surface area contributed by atoms with Crippen LogP contribution in [0.25, 0.3) is 0 Å². The number of aromatic nitrogens is 4. The molecule has 3 heterocycles. The molecule has 5 rings (SSSR count). The van der Waals surface area contributed by atoms with E-state index in [4.69, 9.17) is 4.42 Å². The Morgan fingerprint density at radius 2 is 1.72 bits per heavy atom. The molecule has 0 bridgehead atoms. The smallest absolute Gasteiger partial charge is 0.173 e. The van der Waals surface area contributed by atoms with Crippen LogP contribution < -0.4 is 4.90 Å². The first-order valence-corrected chi connectivity index (χ1v) is 10.8. The third kappa shape index (κ3) is 4.27. The van der Waals surface area contributed by atoms with Crippen LogP contribution in [-0.2, 0) is 6.54 Å². The van der Waals surface area contributed by atoms with E-state index in [1.54, 1.807) is 6.26 Å². The topological polar surface area (TPSA) is 63.2 Å². The highest BCUT2D eigenvalue weighted by Gasteiger charge is 2.31. The number of tetrazole rings is 1. The van der Waals surface area contributed by atoms with Crippen molar-refractivity contribution in [2.75, 3.05) is 31.1 Å². The number of halogens is 1. The monoisotopic (exact) mass is 432 g/mol. The Hall–Kier alpha value is -3.52. The van der Waals surface area contributed by atoms with E-state index in [-0.39, 0.29) is 11.9 Å². The zero-order valence-electron chi connectivity index (χ0n) is 17.9. The maximum absolute atomic E-state index is 13.3. The number of hydrogen-bond donors (Lipinski definition) is 0. The van der Waals surface area contributed by atoms with Crippen molar-refractivity contribution in [3.05, 3.63) is 95.5 Å². The summed E-state index contributed by atoms with van der Waals surface area (Å²) < 4.78 is 20.6. The van der Waals surface area contributed by atoms with Crippen molar-refractivity contribution in [3.63, 3.8) is 0 Å². The molecule has 0 N–H and O–H groups in total. The van der Waals surface area contributed by atoms with Crippen molar-refractivity contribution in [1.29, 1.82) is 0 Å². The molecule has 0 spiro atoms. The van der Waals surface area contributed by atoms with Gasteiger partial charge in [0.1, 0.15) is 18.1 Å². The second kappa shape index (κ2) is 8.92. The molecule has 0 amide bonds. The Morgan fingerprint density at radius 3 is 2.41 bits per heavy atom. The van der Waals surface area contributed by atoms with E-state index in [2.05, 4.69) is 56.5 Å². The van der Waals surface area contributed by atoms with Crippen molar-refractivity contribution in [2.45, 2.75) is 19.5 Å². The standard InChI is InChI=1S/C24H25FN6O/c1-18-4-6-19(7-5-18)23(24-26-27-28-31(24)17-22-3-2-16-32-22)30-14-12-29(13-15-30)21-10-8-20(25)9-11-21/h2-11,16,23H,12-15,17H2,1H3. The fraction of sp³-hybridized carbons (Fsp3) is 0.292. The van der Waals surface area contributed by atoms with Gasteiger partial charge in [0.2, 0.25) is 0 Å². The number of nitrogens with zero attached hydrogens (tertiary/aromatic N) is 6. The molecule has 1 saturated heterocycles. The summed E-state index contributed by atoms with van der Waals surface area (Å²) in [6.45, 7) is 5.92. The minimum absolute atomic E-state index is 0.0732. The molecule has 0 aliphatic carbocycles. The maximum Gasteiger partial charge on any atom is 0.173 e. The molecule has 8 heteroatoms. The predicted octanol–water partition coefficient (Wildman–Crippen LogP) is 3.67. The van der Waals surface area contributed by atoms with Gasteiger partial charge in [0.05, 0.1) is 12.3 Å². The third-order valence-corrected chi connectivity index (χ3v) is 5.95. The minimum Gasteiger partial charge on any atom is -0.467 e. The average Bonchev–Trinajstić information content (AvgIpc) is 3.49. The van der Waals surface area contributed by atoms with Gasteiger partial charge in [0.15, 0.2) is 5.82 Å². The first-order valence-electron chi connectivity index (χ1n) is 10.8. The van der Waals surface area contributed by atoms with E-state index in [1.807, 2.05) is 28.9 Å². The molecule has 1 fully saturated rings. The summed E-state index contributed by atoms with van der Waals surface area (Å²) in [7, 11) is 0. The van der Waals surface area contributed by atoms with Crippen LogP contribution >= 0.6 is 0 Å². The lowest BCUT2D eigenvalue weighted by Gasteiger charge is -2.40. The fourth-order valence-electron chi connectivity index (χ4n) is 4.23. The molecular formula is C24H25FN6O. The fourth-order valence-corrected chi connectivity index (χ4v) is 4.23. The largest absolute Gasteiger partial charge is 0.467 e. The Balaban J connectivity index is 1.41. The Kier molecular flexibility index (Phi) is 5.68. The van der Waals surface area contributed by atoms with Crippen LogP contribution in [0.15, 0.2) is 71.3 Å². The molecule has 164 valence electrons. The average molecular weight is 433 g/mol. The molecule has 7 nitrogen and oxygen atoms in total. The van der Waals surface area contributed by atoms with Gasteiger partial charge in [-0.25, -0.2) is 9.07 Å². The number of hydrogen-bond acceptors (Lipinski definition) is 6. The quantitative estimate of drug-likeness (QED) is 0.463. The van der Waals surface area contributed by atoms with Crippen LogP contribution in [0.2, 0.25) is 0 Å². The highest BCUT2D eigenvalue weighted by Crippen LogP contribution is 2.29. The predicted molar refractivity (Wildman–Crippen MR) is 119 cm³/mol. The summed E-state index contributed by atoms with van der Waals surface area (Å²) in [6, 6.07) is 19.0. The lowest BCUT2D eigenvalue weighted by molar-refractivity contribution is 0.201. The van der Waals surface area contributed by atoms with Crippen molar-refractivity contribution in [1.82, 2.24) is 25.1 Å². The number of rotatable bonds is 6. The molecule has 2 aromatic carbocycles. The number of piperazine rings is 1. The van der Waals surface area contributed by atoms with Gasteiger partial charge in [-0.1, -0.05) is 29.8 Å². The van der Waals surface area contributed by atoms with Crippen LogP contribution in [0.3, 0.4) is 0 Å². The van der Waals surface area contributed by atoms with Crippen molar-refractivity contribution in [2.24, 2.45) is 0 Å². The minimum atomic E-state index is -0.213. The van der Waals surface area contributed by atoms with Crippen molar-refractivity contribution < 1.29 is 8.81 Å². The molecule has 32 heavy (non-hydrogen) atoms. The molecular weight excluding hydrogens is 407 g/mol. The van der Waals surface area contributed by atoms with Gasteiger partial charge in [-0.15, -0.1) is 5.10 Å². The first kappa shape index (κ1) is 20.4. The highest BCUT2D eigenvalue weighted by molar-refractivity contribution is 5.46. The maximum atomic E-state index is 13.3. The van der Waals surface area contributed by atoms with Gasteiger partial charge in [-0.05, 0) is 59.3 Å². The van der Waals surface area contributed by atoms with Gasteiger partial charge in [-0.3, -0.25) is 4.90 Å². The van der Waals surface area contributed by atoms with E-state index in [0.29, 0.717) is 6.54 Å². The molecule has 0 radical (unpaired) electrons. The summed E-state index contributed by atoms with van der Waals surface area (Å²) in [5.41, 5.74) is 3.41. The number of aryl methyl sites for hydroxylation is 1. The lowest BCUT2D eigenvalue weighted by atomic mass is 10.0. The normalized spacial score (nSPS) is 15.8. The van der Waals surface area contributed by atoms with Crippen molar-refractivity contribution in [3.8, 4) is 0 Å². The van der Waals surface area contributed by atoms with Crippen LogP contribution in [0.1, 0.15) is 28.8 Å². The second-order valence-electron chi connectivity index (χ2n) is 8.09. The molecule has 1 aliphatic rings. The molecule has 0 saturated carbocycles. The van der Waals surface area contributed by atoms with Gasteiger partial charge in [0, 0.05) is 31.9 Å². The van der Waals surface area contributed by atoms with Crippen molar-refractivity contribution >= 4 is 5.69 Å². The Labute approximate surface area is 186 Å². The zero-order chi connectivity index (χ0) is 21.9. The van der Waals surface area contributed by atoms with Gasteiger partial charge in [-0.2, -0.15) is 0 Å².